The quantitative estimate of drug-likeness (QED) is 0.224. The number of rotatable bonds is 11. The van der Waals surface area contributed by atoms with E-state index in [1.54, 1.807) is 36.6 Å². The first kappa shape index (κ1) is 31.8. The van der Waals surface area contributed by atoms with Crippen molar-refractivity contribution in [3.63, 3.8) is 0 Å². The number of hydrogen-bond acceptors (Lipinski definition) is 9. The van der Waals surface area contributed by atoms with E-state index in [0.717, 1.165) is 5.56 Å². The summed E-state index contributed by atoms with van der Waals surface area (Å²) < 4.78 is 34.5. The Balaban J connectivity index is 1.31. The number of nitrogens with one attached hydrogen (secondary N) is 2. The summed E-state index contributed by atoms with van der Waals surface area (Å²) in [5, 5.41) is 23.4. The highest BCUT2D eigenvalue weighted by atomic mass is 32.2. The van der Waals surface area contributed by atoms with E-state index in [1.807, 2.05) is 30.7 Å². The highest BCUT2D eigenvalue weighted by molar-refractivity contribution is 7.89. The Bertz CT molecular complexity index is 1720. The van der Waals surface area contributed by atoms with Gasteiger partial charge in [0, 0.05) is 36.8 Å². The van der Waals surface area contributed by atoms with E-state index in [9.17, 15) is 23.1 Å². The molecule has 1 atom stereocenters. The van der Waals surface area contributed by atoms with E-state index in [2.05, 4.69) is 15.8 Å². The summed E-state index contributed by atoms with van der Waals surface area (Å²) >= 11 is 1.48. The third-order valence-corrected chi connectivity index (χ3v) is 10.7. The molecule has 3 N–H and O–H groups in total. The Morgan fingerprint density at radius 2 is 1.93 bits per heavy atom. The van der Waals surface area contributed by atoms with E-state index < -0.39 is 16.1 Å². The van der Waals surface area contributed by atoms with Crippen LogP contribution in [0.5, 0.6) is 0 Å². The number of carbonyl (C=O) groups is 2. The number of hydrogen-bond donors (Lipinski definition) is 3. The van der Waals surface area contributed by atoms with E-state index in [-0.39, 0.29) is 40.9 Å². The number of aromatic nitrogens is 3. The highest BCUT2D eigenvalue weighted by Gasteiger charge is 2.34. The van der Waals surface area contributed by atoms with E-state index in [0.29, 0.717) is 67.2 Å². The molecule has 1 aliphatic heterocycles. The normalized spacial score (nSPS) is 15.6. The number of amides is 2. The van der Waals surface area contributed by atoms with Gasteiger partial charge in [-0.3, -0.25) is 14.0 Å². The number of aryl methyl sites for hydroxylation is 2. The van der Waals surface area contributed by atoms with Crippen molar-refractivity contribution in [3.8, 4) is 11.3 Å². The number of carbonyl (C=O) groups excluding carboxylic acids is 2. The van der Waals surface area contributed by atoms with Crippen molar-refractivity contribution in [2.24, 2.45) is 11.8 Å². The molecule has 4 aromatic rings. The molecule has 1 fully saturated rings. The molecule has 0 aromatic carbocycles. The van der Waals surface area contributed by atoms with Gasteiger partial charge in [-0.15, -0.1) is 0 Å². The monoisotopic (exact) mass is 642 g/mol. The van der Waals surface area contributed by atoms with Crippen LogP contribution in [-0.2, 0) is 10.0 Å². The highest BCUT2D eigenvalue weighted by Crippen LogP contribution is 2.29. The molecule has 12 nitrogen and oxygen atoms in total. The van der Waals surface area contributed by atoms with Gasteiger partial charge in [-0.25, -0.2) is 13.4 Å². The first-order valence-corrected chi connectivity index (χ1v) is 17.1. The number of imidazole rings is 1. The van der Waals surface area contributed by atoms with Crippen LogP contribution in [0.4, 0.5) is 0 Å². The van der Waals surface area contributed by atoms with Crippen molar-refractivity contribution in [1.82, 2.24) is 29.5 Å². The molecule has 0 spiro atoms. The van der Waals surface area contributed by atoms with Crippen LogP contribution >= 0.6 is 11.3 Å². The van der Waals surface area contributed by atoms with Crippen molar-refractivity contribution in [3.05, 3.63) is 57.9 Å². The second-order valence-corrected chi connectivity index (χ2v) is 14.3. The van der Waals surface area contributed by atoms with Gasteiger partial charge in [0.2, 0.25) is 10.0 Å². The molecule has 0 radical (unpaired) electrons. The Hall–Kier alpha value is -3.59. The van der Waals surface area contributed by atoms with Crippen LogP contribution < -0.4 is 10.6 Å². The number of pyridine rings is 1. The lowest BCUT2D eigenvalue weighted by molar-refractivity contribution is 0.0900. The van der Waals surface area contributed by atoms with Gasteiger partial charge in [0.15, 0.2) is 11.4 Å². The fourth-order valence-electron chi connectivity index (χ4n) is 5.72. The SMILES string of the molecule is Cc1noc(C)c1S(=O)(=O)N1CCC(CNC(=O)c2cccn3c(C(=O)N[C@H](CO)CC(C)C)c(-c4ccsc4)nc23)CC1. The standard InChI is InChI=1S/C30H38N6O6S2/c1-18(2)14-23(16-37)32-30(39)26-25(22-9-13-43-17-22)33-28-24(6-5-10-36(26)28)29(38)31-15-21-7-11-35(12-8-21)44(40,41)27-19(3)34-42-20(27)4/h5-6,9-10,13,17-18,21,23,37H,7-8,11-12,14-16H2,1-4H3,(H,31,38)(H,32,39)/t23-/m0/s1. The van der Waals surface area contributed by atoms with Crippen LogP contribution in [0.25, 0.3) is 16.9 Å². The predicted molar refractivity (Wildman–Crippen MR) is 166 cm³/mol. The Labute approximate surface area is 260 Å². The zero-order chi connectivity index (χ0) is 31.6. The number of sulfonamides is 1. The largest absolute Gasteiger partial charge is 0.394 e. The molecule has 1 saturated heterocycles. The number of nitrogens with zero attached hydrogens (tertiary/aromatic N) is 4. The lowest BCUT2D eigenvalue weighted by Crippen LogP contribution is -2.41. The van der Waals surface area contributed by atoms with Crippen molar-refractivity contribution in [2.45, 2.75) is 57.9 Å². The maximum atomic E-state index is 13.6. The number of aliphatic hydroxyl groups is 1. The fraction of sp³-hybridized carbons (Fsp3) is 0.467. The van der Waals surface area contributed by atoms with Crippen LogP contribution in [0.3, 0.4) is 0 Å². The minimum atomic E-state index is -3.71. The van der Waals surface area contributed by atoms with Crippen LogP contribution in [-0.4, -0.2) is 76.5 Å². The van der Waals surface area contributed by atoms with Gasteiger partial charge in [-0.2, -0.15) is 15.6 Å². The third-order valence-electron chi connectivity index (χ3n) is 7.91. The van der Waals surface area contributed by atoms with Crippen molar-refractivity contribution < 1.29 is 27.6 Å². The number of aliphatic hydroxyl groups excluding tert-OH is 1. The number of piperidine rings is 1. The molecule has 236 valence electrons. The van der Waals surface area contributed by atoms with E-state index >= 15 is 0 Å². The Morgan fingerprint density at radius 1 is 1.18 bits per heavy atom. The lowest BCUT2D eigenvalue weighted by Gasteiger charge is -2.31. The van der Waals surface area contributed by atoms with Gasteiger partial charge >= 0.3 is 0 Å². The third kappa shape index (κ3) is 6.43. The summed E-state index contributed by atoms with van der Waals surface area (Å²) in [6, 6.07) is 4.83. The maximum Gasteiger partial charge on any atom is 0.270 e. The summed E-state index contributed by atoms with van der Waals surface area (Å²) in [4.78, 5) is 31.9. The maximum absolute atomic E-state index is 13.6. The molecule has 5 heterocycles. The Kier molecular flexibility index (Phi) is 9.53. The summed E-state index contributed by atoms with van der Waals surface area (Å²) in [6.07, 6.45) is 3.50. The second kappa shape index (κ2) is 13.2. The van der Waals surface area contributed by atoms with Gasteiger partial charge in [0.1, 0.15) is 22.0 Å². The summed E-state index contributed by atoms with van der Waals surface area (Å²) in [7, 11) is -3.71. The molecule has 0 saturated carbocycles. The molecular formula is C30H38N6O6S2. The van der Waals surface area contributed by atoms with Gasteiger partial charge in [0.25, 0.3) is 11.8 Å². The molecule has 1 aliphatic rings. The van der Waals surface area contributed by atoms with Crippen molar-refractivity contribution >= 4 is 38.8 Å². The predicted octanol–water partition coefficient (Wildman–Crippen LogP) is 3.64. The average molecular weight is 643 g/mol. The van der Waals surface area contributed by atoms with Crippen LogP contribution in [0.1, 0.15) is 65.4 Å². The molecule has 44 heavy (non-hydrogen) atoms. The molecule has 5 rings (SSSR count). The molecule has 2 amide bonds. The number of fused-ring (bicyclic) bond motifs is 1. The first-order chi connectivity index (χ1) is 21.0. The topological polar surface area (TPSA) is 159 Å². The molecule has 4 aromatic heterocycles. The van der Waals surface area contributed by atoms with Gasteiger partial charge < -0.3 is 20.3 Å². The summed E-state index contributed by atoms with van der Waals surface area (Å²) in [5.74, 6) is -0.0669. The average Bonchev–Trinajstić information content (AvgIpc) is 3.74. The van der Waals surface area contributed by atoms with Gasteiger partial charge in [-0.05, 0) is 68.5 Å². The smallest absolute Gasteiger partial charge is 0.270 e. The fourth-order valence-corrected chi connectivity index (χ4v) is 8.12. The zero-order valence-electron chi connectivity index (χ0n) is 25.2. The van der Waals surface area contributed by atoms with Crippen LogP contribution in [0, 0.1) is 25.7 Å². The summed E-state index contributed by atoms with van der Waals surface area (Å²) in [5.41, 5.74) is 2.53. The van der Waals surface area contributed by atoms with Crippen LogP contribution in [0.15, 0.2) is 44.6 Å². The first-order valence-electron chi connectivity index (χ1n) is 14.7. The van der Waals surface area contributed by atoms with Crippen molar-refractivity contribution in [1.29, 1.82) is 0 Å². The molecule has 14 heteroatoms. The molecule has 0 unspecified atom stereocenters. The number of thiophene rings is 1. The van der Waals surface area contributed by atoms with Gasteiger partial charge in [-0.1, -0.05) is 19.0 Å². The van der Waals surface area contributed by atoms with Gasteiger partial charge in [0.05, 0.1) is 18.2 Å². The zero-order valence-corrected chi connectivity index (χ0v) is 26.9. The second-order valence-electron chi connectivity index (χ2n) is 11.6. The summed E-state index contributed by atoms with van der Waals surface area (Å²) in [6.45, 7) is 8.10. The Morgan fingerprint density at radius 3 is 2.55 bits per heavy atom. The van der Waals surface area contributed by atoms with E-state index in [4.69, 9.17) is 9.51 Å². The van der Waals surface area contributed by atoms with Crippen molar-refractivity contribution in [2.75, 3.05) is 26.2 Å². The molecular weight excluding hydrogens is 605 g/mol. The molecule has 0 aliphatic carbocycles. The van der Waals surface area contributed by atoms with E-state index in [1.165, 1.54) is 15.6 Å². The minimum Gasteiger partial charge on any atom is -0.394 e. The molecule has 0 bridgehead atoms. The van der Waals surface area contributed by atoms with Crippen LogP contribution in [0.2, 0.25) is 0 Å². The minimum absolute atomic E-state index is 0.0913. The lowest BCUT2D eigenvalue weighted by atomic mass is 9.98.